The minimum Gasteiger partial charge on any atom is -0.370 e. The maximum atomic E-state index is 12.8. The molecule has 0 aromatic carbocycles. The quantitative estimate of drug-likeness (QED) is 0.883. The standard InChI is InChI=1S/C19H27N5O2/c1-12-10-18-21-13(2)16(14(3)24(18)22-12)7-8-19(26)23-9-5-4-6-15(23)11-17(20)25/h10,15H,4-9,11H2,1-3H3,(H2,20,25)/t15-/m1/s1. The number of aromatic nitrogens is 3. The maximum Gasteiger partial charge on any atom is 0.223 e. The summed E-state index contributed by atoms with van der Waals surface area (Å²) in [5.41, 5.74) is 10.2. The van der Waals surface area contributed by atoms with Gasteiger partial charge in [-0.1, -0.05) is 0 Å². The average molecular weight is 357 g/mol. The van der Waals surface area contributed by atoms with Gasteiger partial charge >= 0.3 is 0 Å². The molecule has 1 saturated heterocycles. The Morgan fingerprint density at radius 1 is 1.27 bits per heavy atom. The first kappa shape index (κ1) is 18.4. The Hall–Kier alpha value is -2.44. The first-order chi connectivity index (χ1) is 12.4. The Balaban J connectivity index is 1.74. The van der Waals surface area contributed by atoms with E-state index in [9.17, 15) is 9.59 Å². The molecule has 2 amide bonds. The number of nitrogens with two attached hydrogens (primary N) is 1. The van der Waals surface area contributed by atoms with E-state index >= 15 is 0 Å². The van der Waals surface area contributed by atoms with Crippen molar-refractivity contribution in [3.63, 3.8) is 0 Å². The first-order valence-electron chi connectivity index (χ1n) is 9.27. The molecule has 1 fully saturated rings. The van der Waals surface area contributed by atoms with Crippen LogP contribution < -0.4 is 5.73 Å². The Kier molecular flexibility index (Phi) is 5.25. The van der Waals surface area contributed by atoms with Gasteiger partial charge in [-0.25, -0.2) is 9.50 Å². The molecule has 7 heteroatoms. The van der Waals surface area contributed by atoms with E-state index in [2.05, 4.69) is 10.1 Å². The second-order valence-electron chi connectivity index (χ2n) is 7.22. The molecule has 2 N–H and O–H groups in total. The summed E-state index contributed by atoms with van der Waals surface area (Å²) in [5, 5.41) is 4.48. The van der Waals surface area contributed by atoms with E-state index in [1.807, 2.05) is 36.3 Å². The Labute approximate surface area is 153 Å². The number of primary amides is 1. The molecule has 2 aromatic heterocycles. The van der Waals surface area contributed by atoms with Gasteiger partial charge in [0.2, 0.25) is 11.8 Å². The normalized spacial score (nSPS) is 17.7. The van der Waals surface area contributed by atoms with Crippen molar-refractivity contribution in [1.82, 2.24) is 19.5 Å². The van der Waals surface area contributed by atoms with Crippen molar-refractivity contribution in [2.24, 2.45) is 5.73 Å². The third kappa shape index (κ3) is 3.71. The van der Waals surface area contributed by atoms with E-state index in [-0.39, 0.29) is 24.3 Å². The zero-order chi connectivity index (χ0) is 18.8. The highest BCUT2D eigenvalue weighted by atomic mass is 16.2. The summed E-state index contributed by atoms with van der Waals surface area (Å²) in [7, 11) is 0. The summed E-state index contributed by atoms with van der Waals surface area (Å²) in [6, 6.07) is 1.90. The number of piperidine rings is 1. The fourth-order valence-corrected chi connectivity index (χ4v) is 3.95. The lowest BCUT2D eigenvalue weighted by Crippen LogP contribution is -2.45. The van der Waals surface area contributed by atoms with E-state index in [0.717, 1.165) is 47.6 Å². The van der Waals surface area contributed by atoms with Crippen LogP contribution in [0.25, 0.3) is 5.65 Å². The molecule has 0 radical (unpaired) electrons. The third-order valence-corrected chi connectivity index (χ3v) is 5.26. The summed E-state index contributed by atoms with van der Waals surface area (Å²) in [6.07, 6.45) is 4.16. The van der Waals surface area contributed by atoms with Crippen LogP contribution in [0.1, 0.15) is 54.7 Å². The first-order valence-corrected chi connectivity index (χ1v) is 9.27. The van der Waals surface area contributed by atoms with Crippen LogP contribution >= 0.6 is 0 Å². The molecule has 26 heavy (non-hydrogen) atoms. The molecule has 1 atom stereocenters. The summed E-state index contributed by atoms with van der Waals surface area (Å²) in [6.45, 7) is 6.66. The Bertz CT molecular complexity index is 842. The number of nitrogens with zero attached hydrogens (tertiary/aromatic N) is 4. The Morgan fingerprint density at radius 3 is 2.77 bits per heavy atom. The van der Waals surface area contributed by atoms with Crippen LogP contribution in [0.4, 0.5) is 0 Å². The number of aryl methyl sites for hydroxylation is 3. The van der Waals surface area contributed by atoms with Gasteiger partial charge in [0.1, 0.15) is 0 Å². The molecule has 1 aliphatic heterocycles. The maximum absolute atomic E-state index is 12.8. The van der Waals surface area contributed by atoms with E-state index in [1.165, 1.54) is 0 Å². The molecule has 0 saturated carbocycles. The van der Waals surface area contributed by atoms with Crippen LogP contribution in [0.3, 0.4) is 0 Å². The monoisotopic (exact) mass is 357 g/mol. The minimum atomic E-state index is -0.343. The molecule has 0 aliphatic carbocycles. The third-order valence-electron chi connectivity index (χ3n) is 5.26. The number of fused-ring (bicyclic) bond motifs is 1. The zero-order valence-electron chi connectivity index (χ0n) is 15.8. The minimum absolute atomic E-state index is 0.0506. The van der Waals surface area contributed by atoms with Crippen LogP contribution in [0.15, 0.2) is 6.07 Å². The van der Waals surface area contributed by atoms with Gasteiger partial charge < -0.3 is 10.6 Å². The number of likely N-dealkylation sites (tertiary alicyclic amines) is 1. The molecule has 3 rings (SSSR count). The van der Waals surface area contributed by atoms with Gasteiger partial charge in [-0.15, -0.1) is 0 Å². The highest BCUT2D eigenvalue weighted by Gasteiger charge is 2.27. The SMILES string of the molecule is Cc1cc2nc(C)c(CCC(=O)N3CCCC[C@@H]3CC(N)=O)c(C)n2n1. The molecular formula is C19H27N5O2. The number of carbonyl (C=O) groups is 2. The number of hydrogen-bond acceptors (Lipinski definition) is 4. The number of amides is 2. The Morgan fingerprint density at radius 2 is 2.04 bits per heavy atom. The molecule has 1 aliphatic rings. The van der Waals surface area contributed by atoms with E-state index in [0.29, 0.717) is 19.4 Å². The summed E-state index contributed by atoms with van der Waals surface area (Å²) < 4.78 is 1.85. The second kappa shape index (κ2) is 7.43. The van der Waals surface area contributed by atoms with Crippen molar-refractivity contribution in [1.29, 1.82) is 0 Å². The lowest BCUT2D eigenvalue weighted by Gasteiger charge is -2.35. The zero-order valence-corrected chi connectivity index (χ0v) is 15.8. The van der Waals surface area contributed by atoms with Crippen LogP contribution in [0.2, 0.25) is 0 Å². The number of carbonyl (C=O) groups excluding carboxylic acids is 2. The van der Waals surface area contributed by atoms with Crippen molar-refractivity contribution >= 4 is 17.5 Å². The fraction of sp³-hybridized carbons (Fsp3) is 0.579. The lowest BCUT2D eigenvalue weighted by atomic mass is 9.97. The van der Waals surface area contributed by atoms with Gasteiger partial charge in [-0.3, -0.25) is 9.59 Å². The summed E-state index contributed by atoms with van der Waals surface area (Å²) in [4.78, 5) is 30.5. The smallest absolute Gasteiger partial charge is 0.223 e. The van der Waals surface area contributed by atoms with Gasteiger partial charge in [0.25, 0.3) is 0 Å². The lowest BCUT2D eigenvalue weighted by molar-refractivity contribution is -0.135. The average Bonchev–Trinajstić information content (AvgIpc) is 2.95. The van der Waals surface area contributed by atoms with Gasteiger partial charge in [-0.05, 0) is 52.0 Å². The summed E-state index contributed by atoms with van der Waals surface area (Å²) in [5.74, 6) is -0.253. The van der Waals surface area contributed by atoms with E-state index < -0.39 is 0 Å². The van der Waals surface area contributed by atoms with Crippen LogP contribution in [0, 0.1) is 20.8 Å². The van der Waals surface area contributed by atoms with Gasteiger partial charge in [-0.2, -0.15) is 5.10 Å². The highest BCUT2D eigenvalue weighted by molar-refractivity contribution is 5.79. The molecular weight excluding hydrogens is 330 g/mol. The van der Waals surface area contributed by atoms with Crippen molar-refractivity contribution in [2.45, 2.75) is 65.3 Å². The van der Waals surface area contributed by atoms with Crippen molar-refractivity contribution < 1.29 is 9.59 Å². The predicted octanol–water partition coefficient (Wildman–Crippen LogP) is 1.84. The van der Waals surface area contributed by atoms with Crippen LogP contribution in [-0.2, 0) is 16.0 Å². The molecule has 0 bridgehead atoms. The van der Waals surface area contributed by atoms with Gasteiger partial charge in [0.15, 0.2) is 5.65 Å². The number of rotatable bonds is 5. The molecule has 2 aromatic rings. The molecule has 3 heterocycles. The van der Waals surface area contributed by atoms with Crippen LogP contribution in [0.5, 0.6) is 0 Å². The predicted molar refractivity (Wildman–Crippen MR) is 98.7 cm³/mol. The van der Waals surface area contributed by atoms with Crippen molar-refractivity contribution in [3.8, 4) is 0 Å². The van der Waals surface area contributed by atoms with E-state index in [1.54, 1.807) is 0 Å². The molecule has 7 nitrogen and oxygen atoms in total. The van der Waals surface area contributed by atoms with E-state index in [4.69, 9.17) is 5.73 Å². The van der Waals surface area contributed by atoms with Crippen molar-refractivity contribution in [2.75, 3.05) is 6.54 Å². The molecule has 0 spiro atoms. The summed E-state index contributed by atoms with van der Waals surface area (Å²) >= 11 is 0. The second-order valence-corrected chi connectivity index (χ2v) is 7.22. The fourth-order valence-electron chi connectivity index (χ4n) is 3.95. The van der Waals surface area contributed by atoms with Crippen LogP contribution in [-0.4, -0.2) is 43.9 Å². The molecule has 0 unspecified atom stereocenters. The van der Waals surface area contributed by atoms with Gasteiger partial charge in [0.05, 0.1) is 5.69 Å². The largest absolute Gasteiger partial charge is 0.370 e. The molecule has 140 valence electrons. The van der Waals surface area contributed by atoms with Gasteiger partial charge in [0, 0.05) is 42.9 Å². The topological polar surface area (TPSA) is 93.6 Å². The van der Waals surface area contributed by atoms with Crippen molar-refractivity contribution in [3.05, 3.63) is 28.7 Å². The highest BCUT2D eigenvalue weighted by Crippen LogP contribution is 2.22. The number of hydrogen-bond donors (Lipinski definition) is 1.